The minimum Gasteiger partial charge on any atom is -0.0616 e. The van der Waals surface area contributed by atoms with E-state index in [9.17, 15) is 0 Å². The van der Waals surface area contributed by atoms with Crippen LogP contribution >= 0.6 is 0 Å². The molecule has 11 aromatic carbocycles. The van der Waals surface area contributed by atoms with Crippen LogP contribution in [0.2, 0.25) is 0 Å². The minimum absolute atomic E-state index is 1.20. The van der Waals surface area contributed by atoms with Crippen LogP contribution in [-0.4, -0.2) is 0 Å². The van der Waals surface area contributed by atoms with Crippen LogP contribution in [-0.2, 0) is 0 Å². The molecule has 0 unspecified atom stereocenters. The molecule has 0 aliphatic rings. The van der Waals surface area contributed by atoms with Crippen molar-refractivity contribution in [3.63, 3.8) is 0 Å². The van der Waals surface area contributed by atoms with E-state index in [1.807, 2.05) is 0 Å². The first-order valence-corrected chi connectivity index (χ1v) is 19.4. The van der Waals surface area contributed by atoms with Crippen molar-refractivity contribution in [3.05, 3.63) is 218 Å². The van der Waals surface area contributed by atoms with Crippen molar-refractivity contribution in [2.75, 3.05) is 0 Å². The van der Waals surface area contributed by atoms with E-state index in [2.05, 4.69) is 218 Å². The van der Waals surface area contributed by atoms with Crippen LogP contribution in [0.3, 0.4) is 0 Å². The topological polar surface area (TPSA) is 0 Å². The Bertz CT molecular complexity index is 3260. The molecular formula is C56H36. The Morgan fingerprint density at radius 2 is 0.500 bits per heavy atom. The Labute approximate surface area is 326 Å². The summed E-state index contributed by atoms with van der Waals surface area (Å²) in [4.78, 5) is 0. The van der Waals surface area contributed by atoms with Crippen LogP contribution in [0.1, 0.15) is 0 Å². The Morgan fingerprint density at radius 1 is 0.179 bits per heavy atom. The molecule has 0 nitrogen and oxygen atoms in total. The summed E-state index contributed by atoms with van der Waals surface area (Å²) in [6.07, 6.45) is 0. The summed E-state index contributed by atoms with van der Waals surface area (Å²) in [5, 5.41) is 12.6. The predicted molar refractivity (Wildman–Crippen MR) is 241 cm³/mol. The number of rotatable bonds is 5. The van der Waals surface area contributed by atoms with Crippen LogP contribution < -0.4 is 0 Å². The van der Waals surface area contributed by atoms with Gasteiger partial charge in [0.05, 0.1) is 0 Å². The van der Waals surface area contributed by atoms with E-state index in [4.69, 9.17) is 0 Å². The molecule has 0 spiro atoms. The zero-order valence-corrected chi connectivity index (χ0v) is 30.8. The molecule has 0 radical (unpaired) electrons. The molecule has 0 aliphatic carbocycles. The van der Waals surface area contributed by atoms with Gasteiger partial charge in [0.25, 0.3) is 0 Å². The lowest BCUT2D eigenvalue weighted by atomic mass is 9.82. The zero-order valence-electron chi connectivity index (χ0n) is 30.8. The third-order valence-electron chi connectivity index (χ3n) is 11.7. The molecule has 0 saturated heterocycles. The van der Waals surface area contributed by atoms with Gasteiger partial charge in [-0.3, -0.25) is 0 Å². The fourth-order valence-electron chi connectivity index (χ4n) is 9.10. The normalized spacial score (nSPS) is 11.6. The molecule has 56 heavy (non-hydrogen) atoms. The van der Waals surface area contributed by atoms with E-state index in [1.54, 1.807) is 0 Å². The quantitative estimate of drug-likeness (QED) is 0.156. The highest BCUT2D eigenvalue weighted by Crippen LogP contribution is 2.48. The minimum atomic E-state index is 1.20. The average molecular weight is 709 g/mol. The van der Waals surface area contributed by atoms with Gasteiger partial charge in [-0.2, -0.15) is 0 Å². The lowest BCUT2D eigenvalue weighted by Crippen LogP contribution is -1.94. The molecule has 0 amide bonds. The smallest absolute Gasteiger partial charge is 0.00141 e. The van der Waals surface area contributed by atoms with Crippen molar-refractivity contribution in [2.24, 2.45) is 0 Å². The maximum Gasteiger partial charge on any atom is -0.00141 e. The van der Waals surface area contributed by atoms with Gasteiger partial charge in [-0.15, -0.1) is 0 Å². The highest BCUT2D eigenvalue weighted by Gasteiger charge is 2.21. The van der Waals surface area contributed by atoms with E-state index in [0.29, 0.717) is 0 Å². The third kappa shape index (κ3) is 5.22. The fraction of sp³-hybridized carbons (Fsp3) is 0. The maximum atomic E-state index is 2.33. The van der Waals surface area contributed by atoms with Gasteiger partial charge in [-0.05, 0) is 109 Å². The Kier molecular flexibility index (Phi) is 7.60. The first kappa shape index (κ1) is 32.2. The number of hydrogen-bond donors (Lipinski definition) is 0. The van der Waals surface area contributed by atoms with Crippen molar-refractivity contribution >= 4 is 53.9 Å². The van der Waals surface area contributed by atoms with Crippen LogP contribution in [0, 0.1) is 0 Å². The lowest BCUT2D eigenvalue weighted by molar-refractivity contribution is 1.61. The predicted octanol–water partition coefficient (Wildman–Crippen LogP) is 15.8. The Hall–Kier alpha value is -7.28. The first-order chi connectivity index (χ1) is 27.8. The Morgan fingerprint density at radius 3 is 1.02 bits per heavy atom. The van der Waals surface area contributed by atoms with Gasteiger partial charge < -0.3 is 0 Å². The summed E-state index contributed by atoms with van der Waals surface area (Å²) in [6.45, 7) is 0. The summed E-state index contributed by atoms with van der Waals surface area (Å²) >= 11 is 0. The number of fused-ring (bicyclic) bond motifs is 5. The summed E-state index contributed by atoms with van der Waals surface area (Å²) in [5.74, 6) is 0. The monoisotopic (exact) mass is 708 g/mol. The molecule has 0 atom stereocenters. The second-order valence-electron chi connectivity index (χ2n) is 14.8. The van der Waals surface area contributed by atoms with Gasteiger partial charge in [-0.1, -0.05) is 218 Å². The molecular weight excluding hydrogens is 673 g/mol. The number of hydrogen-bond acceptors (Lipinski definition) is 0. The molecule has 0 fully saturated rings. The molecule has 0 heteroatoms. The SMILES string of the molecule is c1ccc2c(-c3ccc(-c4cccc5c(-c6cccc7ccccc67)c6ccccc6c(-c6ccc(-c7cccc8ccccc78)cc6)c45)cc3)cccc2c1. The maximum absolute atomic E-state index is 2.33. The molecule has 11 rings (SSSR count). The second-order valence-corrected chi connectivity index (χ2v) is 14.8. The number of benzene rings is 11. The van der Waals surface area contributed by atoms with Crippen molar-refractivity contribution in [1.82, 2.24) is 0 Å². The standard InChI is InChI=1S/C56H36/c1-4-19-44-37(13-1)16-9-24-46(44)40-29-31-42(32-30-40)49-26-12-28-53-55(50-27-11-18-39-15-3-6-21-48(39)50)52-23-8-7-22-51(52)54(56(49)53)43-35-33-41(34-36-43)47-25-10-17-38-14-2-5-20-45(38)47/h1-36H. The van der Waals surface area contributed by atoms with Gasteiger partial charge in [0.2, 0.25) is 0 Å². The molecule has 0 aliphatic heterocycles. The highest BCUT2D eigenvalue weighted by atomic mass is 14.2. The molecule has 0 saturated carbocycles. The van der Waals surface area contributed by atoms with Crippen molar-refractivity contribution in [2.45, 2.75) is 0 Å². The van der Waals surface area contributed by atoms with Crippen LogP contribution in [0.5, 0.6) is 0 Å². The van der Waals surface area contributed by atoms with Crippen LogP contribution in [0.15, 0.2) is 218 Å². The zero-order chi connectivity index (χ0) is 37.0. The molecule has 0 heterocycles. The van der Waals surface area contributed by atoms with E-state index < -0.39 is 0 Å². The summed E-state index contributed by atoms with van der Waals surface area (Å²) in [5.41, 5.74) is 12.4. The van der Waals surface area contributed by atoms with Gasteiger partial charge in [0.15, 0.2) is 0 Å². The van der Waals surface area contributed by atoms with Crippen molar-refractivity contribution in [3.8, 4) is 55.6 Å². The largest absolute Gasteiger partial charge is 0.0616 e. The lowest BCUT2D eigenvalue weighted by Gasteiger charge is -2.21. The molecule has 0 aromatic heterocycles. The van der Waals surface area contributed by atoms with E-state index in [-0.39, 0.29) is 0 Å². The highest BCUT2D eigenvalue weighted by molar-refractivity contribution is 6.26. The molecule has 0 N–H and O–H groups in total. The summed E-state index contributed by atoms with van der Waals surface area (Å²) in [6, 6.07) is 80.4. The van der Waals surface area contributed by atoms with Crippen molar-refractivity contribution < 1.29 is 0 Å². The fourth-order valence-corrected chi connectivity index (χ4v) is 9.10. The van der Waals surface area contributed by atoms with Crippen molar-refractivity contribution in [1.29, 1.82) is 0 Å². The molecule has 11 aromatic rings. The van der Waals surface area contributed by atoms with Crippen LogP contribution in [0.25, 0.3) is 109 Å². The van der Waals surface area contributed by atoms with E-state index >= 15 is 0 Å². The molecule has 0 bridgehead atoms. The van der Waals surface area contributed by atoms with Gasteiger partial charge in [0.1, 0.15) is 0 Å². The van der Waals surface area contributed by atoms with Gasteiger partial charge >= 0.3 is 0 Å². The van der Waals surface area contributed by atoms with Gasteiger partial charge in [-0.25, -0.2) is 0 Å². The van der Waals surface area contributed by atoms with E-state index in [1.165, 1.54) is 109 Å². The van der Waals surface area contributed by atoms with Crippen LogP contribution in [0.4, 0.5) is 0 Å². The summed E-state index contributed by atoms with van der Waals surface area (Å²) < 4.78 is 0. The average Bonchev–Trinajstić information content (AvgIpc) is 3.27. The first-order valence-electron chi connectivity index (χ1n) is 19.4. The Balaban J connectivity index is 1.18. The summed E-state index contributed by atoms with van der Waals surface area (Å²) in [7, 11) is 0. The molecule has 260 valence electrons. The van der Waals surface area contributed by atoms with Gasteiger partial charge in [0, 0.05) is 0 Å². The second kappa shape index (κ2) is 13.2. The third-order valence-corrected chi connectivity index (χ3v) is 11.7. The van der Waals surface area contributed by atoms with E-state index in [0.717, 1.165) is 0 Å².